The summed E-state index contributed by atoms with van der Waals surface area (Å²) in [6.07, 6.45) is 3.62. The second-order valence-corrected chi connectivity index (χ2v) is 6.06. The second kappa shape index (κ2) is 5.89. The lowest BCUT2D eigenvalue weighted by Crippen LogP contribution is -2.13. The van der Waals surface area contributed by atoms with Gasteiger partial charge in [0.1, 0.15) is 5.65 Å². The smallest absolute Gasteiger partial charge is 0.137 e. The molecule has 2 heterocycles. The number of hydrogen-bond acceptors (Lipinski definition) is 2. The Balaban J connectivity index is 2.19. The van der Waals surface area contributed by atoms with E-state index in [1.165, 1.54) is 11.1 Å². The van der Waals surface area contributed by atoms with E-state index in [1.54, 1.807) is 0 Å². The van der Waals surface area contributed by atoms with Crippen LogP contribution in [0.25, 0.3) is 16.9 Å². The number of hydrogen-bond donors (Lipinski definition) is 1. The van der Waals surface area contributed by atoms with Gasteiger partial charge in [-0.25, -0.2) is 4.98 Å². The third-order valence-electron chi connectivity index (χ3n) is 3.86. The van der Waals surface area contributed by atoms with E-state index in [-0.39, 0.29) is 0 Å². The van der Waals surface area contributed by atoms with Gasteiger partial charge in [-0.1, -0.05) is 43.4 Å². The molecule has 0 spiro atoms. The fourth-order valence-electron chi connectivity index (χ4n) is 2.66. The molecule has 22 heavy (non-hydrogen) atoms. The van der Waals surface area contributed by atoms with Crippen LogP contribution < -0.4 is 5.73 Å². The van der Waals surface area contributed by atoms with Crippen molar-refractivity contribution in [2.24, 2.45) is 5.73 Å². The van der Waals surface area contributed by atoms with Crippen molar-refractivity contribution in [2.45, 2.75) is 26.7 Å². The first-order valence-corrected chi connectivity index (χ1v) is 7.84. The summed E-state index contributed by atoms with van der Waals surface area (Å²) in [7, 11) is 0. The van der Waals surface area contributed by atoms with Crippen molar-refractivity contribution < 1.29 is 0 Å². The largest absolute Gasteiger partial charge is 0.393 e. The average Bonchev–Trinajstić information content (AvgIpc) is 2.84. The molecule has 2 aromatic heterocycles. The zero-order valence-corrected chi connectivity index (χ0v) is 13.7. The maximum atomic E-state index is 5.79. The minimum atomic E-state index is 0.480. The summed E-state index contributed by atoms with van der Waals surface area (Å²) < 4.78 is 2.08. The van der Waals surface area contributed by atoms with Crippen LogP contribution in [0, 0.1) is 6.92 Å². The molecule has 0 radical (unpaired) electrons. The molecular weight excluding hydrogens is 290 g/mol. The van der Waals surface area contributed by atoms with Gasteiger partial charge in [0, 0.05) is 18.2 Å². The van der Waals surface area contributed by atoms with E-state index in [1.807, 2.05) is 6.20 Å². The minimum Gasteiger partial charge on any atom is -0.393 e. The Labute approximate surface area is 135 Å². The summed E-state index contributed by atoms with van der Waals surface area (Å²) in [4.78, 5) is 5.28. The Morgan fingerprint density at radius 3 is 2.59 bits per heavy atom. The number of imidazole rings is 1. The molecule has 0 aliphatic rings. The van der Waals surface area contributed by atoms with E-state index >= 15 is 0 Å². The maximum absolute atomic E-state index is 5.79. The number of rotatable bonds is 4. The average molecular weight is 309 g/mol. The van der Waals surface area contributed by atoms with E-state index in [0.717, 1.165) is 29.0 Å². The lowest BCUT2D eigenvalue weighted by atomic mass is 10.1. The van der Waals surface area contributed by atoms with E-state index in [0.29, 0.717) is 11.4 Å². The third kappa shape index (κ3) is 2.74. The number of aryl methyl sites for hydroxylation is 2. The molecule has 0 fully saturated rings. The number of thiocarbonyl (C=S) groups is 1. The fourth-order valence-corrected chi connectivity index (χ4v) is 2.80. The molecule has 3 aromatic rings. The first kappa shape index (κ1) is 14.7. The van der Waals surface area contributed by atoms with Gasteiger partial charge in [-0.3, -0.25) is 0 Å². The quantitative estimate of drug-likeness (QED) is 0.747. The summed E-state index contributed by atoms with van der Waals surface area (Å²) in [6.45, 7) is 4.22. The lowest BCUT2D eigenvalue weighted by molar-refractivity contribution is 1.07. The zero-order chi connectivity index (χ0) is 15.7. The summed E-state index contributed by atoms with van der Waals surface area (Å²) in [6, 6.07) is 12.7. The van der Waals surface area contributed by atoms with Crippen molar-refractivity contribution in [3.05, 3.63) is 59.4 Å². The molecule has 0 aliphatic heterocycles. The molecule has 3 rings (SSSR count). The Morgan fingerprint density at radius 1 is 1.23 bits per heavy atom. The van der Waals surface area contributed by atoms with Crippen LogP contribution >= 0.6 is 12.2 Å². The van der Waals surface area contributed by atoms with Crippen molar-refractivity contribution >= 4 is 22.9 Å². The number of benzene rings is 1. The standard InChI is InChI=1S/C18H19N3S/c1-3-13-4-6-14(7-5-13)18-15(11-16(19)22)21-9-8-12(2)10-17(21)20-18/h4-10H,3,11H2,1-2H3,(H2,19,22). The highest BCUT2D eigenvalue weighted by Crippen LogP contribution is 2.26. The van der Waals surface area contributed by atoms with Gasteiger partial charge >= 0.3 is 0 Å². The highest BCUT2D eigenvalue weighted by atomic mass is 32.1. The number of aromatic nitrogens is 2. The summed E-state index contributed by atoms with van der Waals surface area (Å²) in [5.74, 6) is 0. The number of nitrogens with two attached hydrogens (primary N) is 1. The molecule has 0 atom stereocenters. The third-order valence-corrected chi connectivity index (χ3v) is 4.00. The Morgan fingerprint density at radius 2 is 1.95 bits per heavy atom. The van der Waals surface area contributed by atoms with Crippen molar-refractivity contribution in [3.63, 3.8) is 0 Å². The van der Waals surface area contributed by atoms with Crippen molar-refractivity contribution in [1.29, 1.82) is 0 Å². The van der Waals surface area contributed by atoms with Crippen molar-refractivity contribution in [1.82, 2.24) is 9.38 Å². The second-order valence-electron chi connectivity index (χ2n) is 5.53. The first-order chi connectivity index (χ1) is 10.6. The summed E-state index contributed by atoms with van der Waals surface area (Å²) >= 11 is 5.12. The van der Waals surface area contributed by atoms with Gasteiger partial charge in [-0.2, -0.15) is 0 Å². The van der Waals surface area contributed by atoms with Crippen LogP contribution in [0.2, 0.25) is 0 Å². The fraction of sp³-hybridized carbons (Fsp3) is 0.222. The molecule has 0 saturated carbocycles. The summed E-state index contributed by atoms with van der Waals surface area (Å²) in [5.41, 5.74) is 12.3. The predicted octanol–water partition coefficient (Wildman–Crippen LogP) is 3.70. The molecule has 0 aliphatic carbocycles. The van der Waals surface area contributed by atoms with Crippen LogP contribution in [0.5, 0.6) is 0 Å². The van der Waals surface area contributed by atoms with Crippen molar-refractivity contribution in [3.8, 4) is 11.3 Å². The maximum Gasteiger partial charge on any atom is 0.137 e. The Hall–Kier alpha value is -2.20. The van der Waals surface area contributed by atoms with Crippen LogP contribution in [0.15, 0.2) is 42.6 Å². The predicted molar refractivity (Wildman–Crippen MR) is 95.2 cm³/mol. The molecule has 0 saturated heterocycles. The van der Waals surface area contributed by atoms with Gasteiger partial charge < -0.3 is 10.1 Å². The van der Waals surface area contributed by atoms with Gasteiger partial charge in [0.15, 0.2) is 0 Å². The molecule has 0 bridgehead atoms. The molecular formula is C18H19N3S. The number of pyridine rings is 1. The van der Waals surface area contributed by atoms with Crippen molar-refractivity contribution in [2.75, 3.05) is 0 Å². The van der Waals surface area contributed by atoms with Gasteiger partial charge in [0.2, 0.25) is 0 Å². The van der Waals surface area contributed by atoms with Gasteiger partial charge in [-0.15, -0.1) is 0 Å². The molecule has 112 valence electrons. The minimum absolute atomic E-state index is 0.480. The topological polar surface area (TPSA) is 43.3 Å². The van der Waals surface area contributed by atoms with Crippen LogP contribution in [0.4, 0.5) is 0 Å². The van der Waals surface area contributed by atoms with Gasteiger partial charge in [0.25, 0.3) is 0 Å². The summed E-state index contributed by atoms with van der Waals surface area (Å²) in [5, 5.41) is 0. The normalized spacial score (nSPS) is 11.0. The van der Waals surface area contributed by atoms with E-state index in [2.05, 4.69) is 54.6 Å². The van der Waals surface area contributed by atoms with E-state index < -0.39 is 0 Å². The SMILES string of the molecule is CCc1ccc(-c2nc3cc(C)ccn3c2CC(N)=S)cc1. The molecule has 4 heteroatoms. The molecule has 0 amide bonds. The molecule has 1 aromatic carbocycles. The van der Waals surface area contributed by atoms with Gasteiger partial charge in [0.05, 0.1) is 16.4 Å². The van der Waals surface area contributed by atoms with Crippen LogP contribution in [-0.2, 0) is 12.8 Å². The molecule has 3 nitrogen and oxygen atoms in total. The van der Waals surface area contributed by atoms with Crippen LogP contribution in [-0.4, -0.2) is 14.4 Å². The number of nitrogens with zero attached hydrogens (tertiary/aromatic N) is 2. The molecule has 0 unspecified atom stereocenters. The van der Waals surface area contributed by atoms with E-state index in [4.69, 9.17) is 22.9 Å². The highest BCUT2D eigenvalue weighted by Gasteiger charge is 2.14. The monoisotopic (exact) mass is 309 g/mol. The number of fused-ring (bicyclic) bond motifs is 1. The highest BCUT2D eigenvalue weighted by molar-refractivity contribution is 7.80. The van der Waals surface area contributed by atoms with E-state index in [9.17, 15) is 0 Å². The Kier molecular flexibility index (Phi) is 3.94. The van der Waals surface area contributed by atoms with Crippen LogP contribution in [0.1, 0.15) is 23.7 Å². The lowest BCUT2D eigenvalue weighted by Gasteiger charge is -2.05. The van der Waals surface area contributed by atoms with Gasteiger partial charge in [-0.05, 0) is 36.6 Å². The zero-order valence-electron chi connectivity index (χ0n) is 12.8. The molecule has 2 N–H and O–H groups in total. The first-order valence-electron chi connectivity index (χ1n) is 7.43. The Bertz CT molecular complexity index is 831. The van der Waals surface area contributed by atoms with Crippen LogP contribution in [0.3, 0.4) is 0 Å².